The minimum atomic E-state index is -0.320. The van der Waals surface area contributed by atoms with E-state index in [1.807, 2.05) is 13.8 Å². The molecule has 0 unspecified atom stereocenters. The molecule has 0 bridgehead atoms. The highest BCUT2D eigenvalue weighted by Crippen LogP contribution is 1.97. The van der Waals surface area contributed by atoms with Crippen molar-refractivity contribution in [1.29, 1.82) is 0 Å². The molecule has 0 spiro atoms. The van der Waals surface area contributed by atoms with Crippen LogP contribution in [0.4, 0.5) is 4.79 Å². The first-order chi connectivity index (χ1) is 8.33. The Bertz CT molecular complexity index is 188. The van der Waals surface area contributed by atoms with Gasteiger partial charge in [-0.15, -0.1) is 0 Å². The predicted molar refractivity (Wildman–Crippen MR) is 70.4 cm³/mol. The van der Waals surface area contributed by atoms with Gasteiger partial charge in [-0.2, -0.15) is 0 Å². The maximum Gasteiger partial charge on any atom is 0.407 e. The minimum absolute atomic E-state index is 0. The lowest BCUT2D eigenvalue weighted by atomic mass is 10.3. The highest BCUT2D eigenvalue weighted by Gasteiger charge is 2.09. The average molecular weight is 248 g/mol. The molecule has 0 aromatic carbocycles. The summed E-state index contributed by atoms with van der Waals surface area (Å²) in [6.07, 6.45) is 0.637. The first kappa shape index (κ1) is 16.2. The Morgan fingerprint density at radius 1 is 1.41 bits per heavy atom. The molecule has 1 amide bonds. The molecule has 5 heteroatoms. The van der Waals surface area contributed by atoms with Crippen molar-refractivity contribution in [3.8, 4) is 0 Å². The average Bonchev–Trinajstić information content (AvgIpc) is 2.39. The maximum atomic E-state index is 10.9. The Labute approximate surface area is 106 Å². The van der Waals surface area contributed by atoms with Gasteiger partial charge < -0.3 is 14.8 Å². The molecule has 0 aromatic heterocycles. The second-order valence-electron chi connectivity index (χ2n) is 3.45. The molecule has 17 heavy (non-hydrogen) atoms. The number of nitrogens with one attached hydrogen (secondary N) is 1. The van der Waals surface area contributed by atoms with Gasteiger partial charge in [0.25, 0.3) is 0 Å². The standard InChI is InChI=1S/C10H20N2O3.C2H6.H2/c1-2-15-10(13)11-4-3-5-12-6-8-14-9-7-12;1-2;/h2-9H2,1H3,(H,11,13);1-2H3;1H. The quantitative estimate of drug-likeness (QED) is 0.753. The lowest BCUT2D eigenvalue weighted by molar-refractivity contribution is 0.0374. The van der Waals surface area contributed by atoms with Crippen molar-refractivity contribution in [2.75, 3.05) is 46.0 Å². The van der Waals surface area contributed by atoms with Crippen LogP contribution in [-0.4, -0.2) is 57.0 Å². The monoisotopic (exact) mass is 248 g/mol. The molecule has 0 atom stereocenters. The summed E-state index contributed by atoms with van der Waals surface area (Å²) in [7, 11) is 0. The van der Waals surface area contributed by atoms with Crippen molar-refractivity contribution in [2.45, 2.75) is 27.2 Å². The van der Waals surface area contributed by atoms with Gasteiger partial charge >= 0.3 is 6.09 Å². The maximum absolute atomic E-state index is 10.9. The fraction of sp³-hybridized carbons (Fsp3) is 0.917. The van der Waals surface area contributed by atoms with Gasteiger partial charge in [0.15, 0.2) is 0 Å². The molecule has 0 aromatic rings. The molecule has 104 valence electrons. The molecular formula is C12H28N2O3. The normalized spacial score (nSPS) is 15.7. The summed E-state index contributed by atoms with van der Waals surface area (Å²) < 4.78 is 10.00. The van der Waals surface area contributed by atoms with E-state index < -0.39 is 0 Å². The van der Waals surface area contributed by atoms with Crippen LogP contribution in [0.1, 0.15) is 28.6 Å². The molecule has 1 aliphatic heterocycles. The number of alkyl carbamates (subject to hydrolysis) is 1. The Morgan fingerprint density at radius 2 is 2.06 bits per heavy atom. The Kier molecular flexibility index (Phi) is 11.1. The number of nitrogens with zero attached hydrogens (tertiary/aromatic N) is 1. The van der Waals surface area contributed by atoms with Crippen LogP contribution in [0, 0.1) is 0 Å². The Hall–Kier alpha value is -0.810. The van der Waals surface area contributed by atoms with E-state index in [2.05, 4.69) is 10.2 Å². The molecule has 1 aliphatic rings. The zero-order valence-corrected chi connectivity index (χ0v) is 11.3. The third kappa shape index (κ3) is 8.94. The van der Waals surface area contributed by atoms with E-state index in [0.29, 0.717) is 13.2 Å². The second-order valence-corrected chi connectivity index (χ2v) is 3.45. The number of carbonyl (C=O) groups is 1. The van der Waals surface area contributed by atoms with Crippen LogP contribution in [0.3, 0.4) is 0 Å². The van der Waals surface area contributed by atoms with E-state index in [4.69, 9.17) is 9.47 Å². The number of rotatable bonds is 5. The van der Waals surface area contributed by atoms with E-state index in [1.165, 1.54) is 0 Å². The molecule has 0 aliphatic carbocycles. The molecule has 1 saturated heterocycles. The van der Waals surface area contributed by atoms with Gasteiger partial charge in [-0.3, -0.25) is 4.90 Å². The van der Waals surface area contributed by atoms with Gasteiger partial charge in [-0.25, -0.2) is 4.79 Å². The number of hydrogen-bond acceptors (Lipinski definition) is 4. The fourth-order valence-electron chi connectivity index (χ4n) is 1.50. The van der Waals surface area contributed by atoms with Crippen LogP contribution in [0.2, 0.25) is 0 Å². The number of carbonyl (C=O) groups excluding carboxylic acids is 1. The molecule has 5 nitrogen and oxygen atoms in total. The second kappa shape index (κ2) is 11.7. The number of morpholine rings is 1. The van der Waals surface area contributed by atoms with E-state index in [1.54, 1.807) is 6.92 Å². The largest absolute Gasteiger partial charge is 0.450 e. The lowest BCUT2D eigenvalue weighted by Crippen LogP contribution is -2.38. The van der Waals surface area contributed by atoms with E-state index >= 15 is 0 Å². The van der Waals surface area contributed by atoms with Gasteiger partial charge in [0.1, 0.15) is 0 Å². The first-order valence-corrected chi connectivity index (χ1v) is 6.53. The van der Waals surface area contributed by atoms with Crippen molar-refractivity contribution in [3.05, 3.63) is 0 Å². The fourth-order valence-corrected chi connectivity index (χ4v) is 1.50. The summed E-state index contributed by atoms with van der Waals surface area (Å²) in [5, 5.41) is 2.70. The molecule has 1 fully saturated rings. The summed E-state index contributed by atoms with van der Waals surface area (Å²) >= 11 is 0. The molecule has 1 heterocycles. The summed E-state index contributed by atoms with van der Waals surface area (Å²) in [5.74, 6) is 0. The topological polar surface area (TPSA) is 50.8 Å². The molecular weight excluding hydrogens is 220 g/mol. The first-order valence-electron chi connectivity index (χ1n) is 6.53. The Morgan fingerprint density at radius 3 is 2.65 bits per heavy atom. The van der Waals surface area contributed by atoms with Crippen LogP contribution in [0.15, 0.2) is 0 Å². The Balaban J connectivity index is 0. The van der Waals surface area contributed by atoms with Crippen molar-refractivity contribution in [3.63, 3.8) is 0 Å². The number of ether oxygens (including phenoxy) is 2. The summed E-state index contributed by atoms with van der Waals surface area (Å²) in [5.41, 5.74) is 0. The van der Waals surface area contributed by atoms with Gasteiger partial charge in [0.2, 0.25) is 0 Å². The minimum Gasteiger partial charge on any atom is -0.450 e. The van der Waals surface area contributed by atoms with Crippen molar-refractivity contribution < 1.29 is 15.7 Å². The smallest absolute Gasteiger partial charge is 0.407 e. The molecule has 0 saturated carbocycles. The van der Waals surface area contributed by atoms with E-state index in [0.717, 1.165) is 39.3 Å². The van der Waals surface area contributed by atoms with Crippen molar-refractivity contribution >= 4 is 6.09 Å². The van der Waals surface area contributed by atoms with E-state index in [-0.39, 0.29) is 7.52 Å². The molecule has 1 rings (SSSR count). The van der Waals surface area contributed by atoms with Crippen LogP contribution in [-0.2, 0) is 9.47 Å². The van der Waals surface area contributed by atoms with E-state index in [9.17, 15) is 4.79 Å². The van der Waals surface area contributed by atoms with Crippen LogP contribution in [0.25, 0.3) is 0 Å². The summed E-state index contributed by atoms with van der Waals surface area (Å²) in [6, 6.07) is 0. The number of hydrogen-bond donors (Lipinski definition) is 1. The third-order valence-electron chi connectivity index (χ3n) is 2.30. The molecule has 0 radical (unpaired) electrons. The highest BCUT2D eigenvalue weighted by molar-refractivity contribution is 5.66. The summed E-state index contributed by atoms with van der Waals surface area (Å²) in [4.78, 5) is 13.3. The number of amides is 1. The zero-order valence-electron chi connectivity index (χ0n) is 11.3. The highest BCUT2D eigenvalue weighted by atomic mass is 16.5. The summed E-state index contributed by atoms with van der Waals surface area (Å²) in [6.45, 7) is 11.6. The lowest BCUT2D eigenvalue weighted by Gasteiger charge is -2.26. The van der Waals surface area contributed by atoms with Crippen LogP contribution >= 0.6 is 0 Å². The van der Waals surface area contributed by atoms with Crippen LogP contribution < -0.4 is 5.32 Å². The zero-order chi connectivity index (χ0) is 12.9. The van der Waals surface area contributed by atoms with Gasteiger partial charge in [-0.05, 0) is 19.9 Å². The SMILES string of the molecule is CC.CCOC(=O)NCCCN1CCOCC1.[HH]. The van der Waals surface area contributed by atoms with Crippen molar-refractivity contribution in [1.82, 2.24) is 10.2 Å². The van der Waals surface area contributed by atoms with Gasteiger partial charge in [0.05, 0.1) is 19.8 Å². The van der Waals surface area contributed by atoms with Crippen molar-refractivity contribution in [2.24, 2.45) is 0 Å². The third-order valence-corrected chi connectivity index (χ3v) is 2.30. The predicted octanol–water partition coefficient (Wildman–Crippen LogP) is 1.73. The van der Waals surface area contributed by atoms with Gasteiger partial charge in [-0.1, -0.05) is 13.8 Å². The molecule has 1 N–H and O–H groups in total. The van der Waals surface area contributed by atoms with Gasteiger partial charge in [0, 0.05) is 21.1 Å². The van der Waals surface area contributed by atoms with Crippen LogP contribution in [0.5, 0.6) is 0 Å².